The molecule has 5 nitrogen and oxygen atoms in total. The van der Waals surface area contributed by atoms with E-state index in [4.69, 9.17) is 0 Å². The number of likely N-dealkylation sites (N-methyl/N-ethyl adjacent to an activating group) is 1. The summed E-state index contributed by atoms with van der Waals surface area (Å²) in [6.45, 7) is 14.3. The van der Waals surface area contributed by atoms with E-state index in [0.29, 0.717) is 13.1 Å². The average Bonchev–Trinajstić information content (AvgIpc) is 2.96. The summed E-state index contributed by atoms with van der Waals surface area (Å²) >= 11 is 0. The van der Waals surface area contributed by atoms with Gasteiger partial charge in [-0.1, -0.05) is 69.2 Å². The van der Waals surface area contributed by atoms with Crippen LogP contribution in [0.5, 0.6) is 0 Å². The zero-order valence-corrected chi connectivity index (χ0v) is 27.2. The van der Waals surface area contributed by atoms with Crippen molar-refractivity contribution in [2.45, 2.75) is 70.6 Å². The lowest BCUT2D eigenvalue weighted by Crippen LogP contribution is -2.48. The Kier molecular flexibility index (Phi) is 17.7. The Hall–Kier alpha value is -1.08. The van der Waals surface area contributed by atoms with Gasteiger partial charge in [-0.25, -0.2) is 0 Å². The first-order valence-corrected chi connectivity index (χ1v) is 15.1. The van der Waals surface area contributed by atoms with Crippen molar-refractivity contribution in [3.05, 3.63) is 48.0 Å². The first kappa shape index (κ1) is 36.9. The molecule has 0 saturated carbocycles. The minimum Gasteiger partial charge on any atom is -0.354 e. The summed E-state index contributed by atoms with van der Waals surface area (Å²) < 4.78 is 0. The quantitative estimate of drug-likeness (QED) is 0.277. The van der Waals surface area contributed by atoms with E-state index in [9.17, 15) is 4.79 Å². The Bertz CT molecular complexity index is 948. The van der Waals surface area contributed by atoms with Crippen LogP contribution in [0.15, 0.2) is 42.5 Å². The third kappa shape index (κ3) is 10.3. The van der Waals surface area contributed by atoms with E-state index in [0.717, 1.165) is 39.0 Å². The van der Waals surface area contributed by atoms with Crippen LogP contribution in [-0.4, -0.2) is 86.1 Å². The van der Waals surface area contributed by atoms with Gasteiger partial charge in [-0.05, 0) is 107 Å². The molecule has 0 aliphatic carbocycles. The lowest BCUT2D eigenvalue weighted by molar-refractivity contribution is -0.122. The zero-order valence-electron chi connectivity index (χ0n) is 24.7. The molecule has 2 aliphatic rings. The monoisotopic (exact) mass is 614 g/mol. The first-order chi connectivity index (χ1) is 18.1. The highest BCUT2D eigenvalue weighted by molar-refractivity contribution is 5.87. The molecule has 2 saturated heterocycles. The van der Waals surface area contributed by atoms with E-state index >= 15 is 0 Å². The van der Waals surface area contributed by atoms with Crippen LogP contribution in [0, 0.1) is 0 Å². The number of rotatable bonds is 13. The van der Waals surface area contributed by atoms with E-state index in [1.807, 2.05) is 0 Å². The second-order valence-electron chi connectivity index (χ2n) is 11.3. The molecule has 0 atom stereocenters. The highest BCUT2D eigenvalue weighted by Crippen LogP contribution is 2.37. The molecule has 0 unspecified atom stereocenters. The van der Waals surface area contributed by atoms with Gasteiger partial charge in [-0.2, -0.15) is 0 Å². The molecule has 0 bridgehead atoms. The second-order valence-corrected chi connectivity index (χ2v) is 11.3. The molecular weight excluding hydrogens is 563 g/mol. The third-order valence-corrected chi connectivity index (χ3v) is 8.96. The van der Waals surface area contributed by atoms with Gasteiger partial charge in [0.15, 0.2) is 0 Å². The van der Waals surface area contributed by atoms with E-state index in [2.05, 4.69) is 76.3 Å². The van der Waals surface area contributed by atoms with Gasteiger partial charge >= 0.3 is 0 Å². The van der Waals surface area contributed by atoms with Crippen molar-refractivity contribution in [1.82, 2.24) is 20.0 Å². The number of fused-ring (bicyclic) bond motifs is 1. The van der Waals surface area contributed by atoms with Crippen molar-refractivity contribution in [3.8, 4) is 0 Å². The number of hydrogen-bond donors (Lipinski definition) is 1. The summed E-state index contributed by atoms with van der Waals surface area (Å²) in [6, 6.07) is 15.7. The zero-order chi connectivity index (χ0) is 25.9. The lowest BCUT2D eigenvalue weighted by Gasteiger charge is -2.40. The number of nitrogens with zero attached hydrogens (tertiary/aromatic N) is 3. The predicted molar refractivity (Wildman–Crippen MR) is 178 cm³/mol. The second kappa shape index (κ2) is 19.2. The molecule has 4 rings (SSSR count). The Balaban J connectivity index is 0.00000267. The fourth-order valence-corrected chi connectivity index (χ4v) is 6.44. The van der Waals surface area contributed by atoms with Crippen molar-refractivity contribution >= 4 is 53.9 Å². The first-order valence-electron chi connectivity index (χ1n) is 15.1. The Labute approximate surface area is 262 Å². The normalized spacial score (nSPS) is 16.6. The largest absolute Gasteiger partial charge is 0.354 e. The molecule has 1 N–H and O–H groups in total. The van der Waals surface area contributed by atoms with Crippen LogP contribution in [0.3, 0.4) is 0 Å². The van der Waals surface area contributed by atoms with Crippen LogP contribution in [0.25, 0.3) is 10.8 Å². The average molecular weight is 616 g/mol. The molecule has 2 fully saturated rings. The van der Waals surface area contributed by atoms with Gasteiger partial charge in [0.05, 0.1) is 6.54 Å². The molecule has 2 aliphatic heterocycles. The standard InChI is InChI=1S/C32H50N4O.3ClH/c1-3-34(4-2)26-31(37)33-27-32(18-24-35-20-9-5-10-21-35,19-25-36-22-11-6-12-23-36)30-17-13-15-28-14-7-8-16-29(28)30;;;/h7-8,13-17H,3-6,9-12,18-27H2,1-2H3,(H,33,37);3*1H. The van der Waals surface area contributed by atoms with Crippen molar-refractivity contribution in [3.63, 3.8) is 0 Å². The van der Waals surface area contributed by atoms with E-state index in [-0.39, 0.29) is 48.5 Å². The fourth-order valence-electron chi connectivity index (χ4n) is 6.44. The van der Waals surface area contributed by atoms with Gasteiger partial charge in [-0.3, -0.25) is 9.69 Å². The van der Waals surface area contributed by atoms with Gasteiger partial charge in [0.1, 0.15) is 0 Å². The van der Waals surface area contributed by atoms with E-state index < -0.39 is 0 Å². The highest BCUT2D eigenvalue weighted by atomic mass is 35.5. The van der Waals surface area contributed by atoms with Gasteiger partial charge in [0.25, 0.3) is 0 Å². The Morgan fingerprint density at radius 1 is 0.775 bits per heavy atom. The van der Waals surface area contributed by atoms with Gasteiger partial charge in [-0.15, -0.1) is 37.2 Å². The molecule has 228 valence electrons. The lowest BCUT2D eigenvalue weighted by atomic mass is 9.72. The topological polar surface area (TPSA) is 38.8 Å². The van der Waals surface area contributed by atoms with Gasteiger partial charge in [0.2, 0.25) is 5.91 Å². The van der Waals surface area contributed by atoms with Crippen molar-refractivity contribution in [2.75, 3.05) is 65.4 Å². The van der Waals surface area contributed by atoms with Crippen LogP contribution in [0.2, 0.25) is 0 Å². The number of amides is 1. The van der Waals surface area contributed by atoms with Crippen molar-refractivity contribution in [1.29, 1.82) is 0 Å². The molecular formula is C32H53Cl3N4O. The number of piperidine rings is 2. The summed E-state index contributed by atoms with van der Waals surface area (Å²) in [5.41, 5.74) is 1.33. The summed E-state index contributed by atoms with van der Waals surface area (Å²) in [5.74, 6) is 0.157. The molecule has 0 spiro atoms. The van der Waals surface area contributed by atoms with Gasteiger partial charge in [0, 0.05) is 12.0 Å². The van der Waals surface area contributed by atoms with Crippen LogP contribution in [0.1, 0.15) is 70.8 Å². The number of benzene rings is 2. The van der Waals surface area contributed by atoms with Crippen LogP contribution in [0.4, 0.5) is 0 Å². The Morgan fingerprint density at radius 3 is 1.85 bits per heavy atom. The molecule has 40 heavy (non-hydrogen) atoms. The molecule has 8 heteroatoms. The maximum Gasteiger partial charge on any atom is 0.234 e. The molecule has 2 heterocycles. The van der Waals surface area contributed by atoms with E-state index in [1.165, 1.54) is 81.0 Å². The minimum absolute atomic E-state index is 0. The number of halogens is 3. The number of nitrogens with one attached hydrogen (secondary N) is 1. The van der Waals surface area contributed by atoms with Crippen LogP contribution >= 0.6 is 37.2 Å². The summed E-state index contributed by atoms with van der Waals surface area (Å²) in [7, 11) is 0. The third-order valence-electron chi connectivity index (χ3n) is 8.96. The maximum atomic E-state index is 13.2. The number of carbonyl (C=O) groups is 1. The predicted octanol–water partition coefficient (Wildman–Crippen LogP) is 6.55. The van der Waals surface area contributed by atoms with E-state index in [1.54, 1.807) is 0 Å². The molecule has 0 radical (unpaired) electrons. The minimum atomic E-state index is -0.0886. The van der Waals surface area contributed by atoms with Crippen LogP contribution < -0.4 is 5.32 Å². The smallest absolute Gasteiger partial charge is 0.234 e. The summed E-state index contributed by atoms with van der Waals surface area (Å²) in [6.07, 6.45) is 10.2. The van der Waals surface area contributed by atoms with Crippen molar-refractivity contribution in [2.24, 2.45) is 0 Å². The number of carbonyl (C=O) groups excluding carboxylic acids is 1. The molecule has 1 amide bonds. The summed E-state index contributed by atoms with van der Waals surface area (Å²) in [5, 5.41) is 6.09. The van der Waals surface area contributed by atoms with Gasteiger partial charge < -0.3 is 15.1 Å². The van der Waals surface area contributed by atoms with Crippen LogP contribution in [-0.2, 0) is 10.2 Å². The number of hydrogen-bond acceptors (Lipinski definition) is 4. The SMILES string of the molecule is CCN(CC)CC(=O)NCC(CCN1CCCCC1)(CCN1CCCCC1)c1cccc2ccccc12.Cl.Cl.Cl. The highest BCUT2D eigenvalue weighted by Gasteiger charge is 2.35. The molecule has 0 aromatic heterocycles. The molecule has 2 aromatic rings. The fraction of sp³-hybridized carbons (Fsp3) is 0.656. The maximum absolute atomic E-state index is 13.2. The Morgan fingerprint density at radius 2 is 1.30 bits per heavy atom. The number of likely N-dealkylation sites (tertiary alicyclic amines) is 2. The van der Waals surface area contributed by atoms with Crippen molar-refractivity contribution < 1.29 is 4.79 Å². The summed E-state index contributed by atoms with van der Waals surface area (Å²) in [4.78, 5) is 20.7. The molecule has 2 aromatic carbocycles.